The Morgan fingerprint density at radius 2 is 1.65 bits per heavy atom. The maximum absolute atomic E-state index is 12.3. The van der Waals surface area contributed by atoms with Crippen molar-refractivity contribution in [3.05, 3.63) is 95.6 Å². The van der Waals surface area contributed by atoms with E-state index in [-0.39, 0.29) is 17.5 Å². The molecule has 2 heterocycles. The Hall–Kier alpha value is -3.04. The summed E-state index contributed by atoms with van der Waals surface area (Å²) in [5, 5.41) is 13.0. The van der Waals surface area contributed by atoms with Crippen LogP contribution in [0, 0.1) is 0 Å². The van der Waals surface area contributed by atoms with Gasteiger partial charge in [0.25, 0.3) is 8.32 Å². The number of nitrogens with zero attached hydrogens (tertiary/aromatic N) is 2. The first-order valence-electron chi connectivity index (χ1n) is 11.3. The molecular formula is C26H31N3O4Si. The van der Waals surface area contributed by atoms with Gasteiger partial charge in [-0.3, -0.25) is 4.57 Å². The number of hydrogen-bond acceptors (Lipinski definition) is 6. The molecule has 3 aromatic rings. The van der Waals surface area contributed by atoms with Crippen LogP contribution < -0.4 is 21.8 Å². The summed E-state index contributed by atoms with van der Waals surface area (Å²) >= 11 is 0. The Balaban J connectivity index is 1.68. The van der Waals surface area contributed by atoms with Gasteiger partial charge in [0.2, 0.25) is 0 Å². The second-order valence-corrected chi connectivity index (χ2v) is 13.9. The van der Waals surface area contributed by atoms with Crippen molar-refractivity contribution in [2.45, 2.75) is 44.2 Å². The summed E-state index contributed by atoms with van der Waals surface area (Å²) in [6, 6.07) is 22.0. The molecule has 1 saturated heterocycles. The third-order valence-corrected chi connectivity index (χ3v) is 11.3. The Morgan fingerprint density at radius 3 is 2.15 bits per heavy atom. The average Bonchev–Trinajstić information content (AvgIpc) is 3.08. The summed E-state index contributed by atoms with van der Waals surface area (Å²) in [7, 11) is -2.81. The van der Waals surface area contributed by atoms with Gasteiger partial charge in [0.1, 0.15) is 18.0 Å². The number of nitrogens with two attached hydrogens (primary N) is 1. The second kappa shape index (κ2) is 9.30. The van der Waals surface area contributed by atoms with Gasteiger partial charge in [-0.1, -0.05) is 88.0 Å². The Morgan fingerprint density at radius 1 is 1.09 bits per heavy atom. The number of benzene rings is 2. The van der Waals surface area contributed by atoms with Gasteiger partial charge in [-0.15, -0.1) is 0 Å². The zero-order valence-electron chi connectivity index (χ0n) is 19.7. The molecule has 178 valence electrons. The van der Waals surface area contributed by atoms with Gasteiger partial charge < -0.3 is 20.0 Å². The van der Waals surface area contributed by atoms with Gasteiger partial charge in [0, 0.05) is 11.8 Å². The molecule has 1 fully saturated rings. The highest BCUT2D eigenvalue weighted by Crippen LogP contribution is 2.38. The van der Waals surface area contributed by atoms with Crippen molar-refractivity contribution in [3.8, 4) is 0 Å². The fraction of sp³-hybridized carbons (Fsp3) is 0.308. The van der Waals surface area contributed by atoms with Crippen LogP contribution in [0.3, 0.4) is 0 Å². The minimum atomic E-state index is -2.81. The molecule has 0 bridgehead atoms. The van der Waals surface area contributed by atoms with E-state index in [9.17, 15) is 9.90 Å². The predicted molar refractivity (Wildman–Crippen MR) is 136 cm³/mol. The van der Waals surface area contributed by atoms with E-state index in [2.05, 4.69) is 56.6 Å². The number of rotatable bonds is 6. The quantitative estimate of drug-likeness (QED) is 0.417. The van der Waals surface area contributed by atoms with E-state index >= 15 is 0 Å². The minimum absolute atomic E-state index is 0.122. The molecular weight excluding hydrogens is 446 g/mol. The normalized spacial score (nSPS) is 21.1. The van der Waals surface area contributed by atoms with E-state index in [0.29, 0.717) is 5.57 Å². The minimum Gasteiger partial charge on any atom is -0.405 e. The van der Waals surface area contributed by atoms with Gasteiger partial charge >= 0.3 is 5.69 Å². The van der Waals surface area contributed by atoms with Crippen molar-refractivity contribution in [2.24, 2.45) is 0 Å². The van der Waals surface area contributed by atoms with Crippen LogP contribution in [-0.4, -0.2) is 41.8 Å². The molecule has 0 spiro atoms. The van der Waals surface area contributed by atoms with Gasteiger partial charge in [-0.25, -0.2) is 4.79 Å². The number of anilines is 1. The average molecular weight is 478 g/mol. The summed E-state index contributed by atoms with van der Waals surface area (Å²) in [4.78, 5) is 16.1. The topological polar surface area (TPSA) is 99.6 Å². The Kier molecular flexibility index (Phi) is 6.59. The molecule has 3 N–H and O–H groups in total. The van der Waals surface area contributed by atoms with Crippen molar-refractivity contribution >= 4 is 24.5 Å². The van der Waals surface area contributed by atoms with E-state index in [1.54, 1.807) is 0 Å². The van der Waals surface area contributed by atoms with Crippen LogP contribution in [0.15, 0.2) is 89.9 Å². The fourth-order valence-electron chi connectivity index (χ4n) is 4.66. The highest BCUT2D eigenvalue weighted by Gasteiger charge is 2.51. The van der Waals surface area contributed by atoms with Crippen LogP contribution in [0.2, 0.25) is 5.04 Å². The highest BCUT2D eigenvalue weighted by molar-refractivity contribution is 6.99. The molecule has 0 radical (unpaired) electrons. The summed E-state index contributed by atoms with van der Waals surface area (Å²) in [6.45, 7) is 10.7. The SMILES string of the molecule is C=C1C(O)[C@@H](CO[Si](c2ccccc2)(c2ccccc2)C(C)(C)C)O[C@H]1n1ccc(N)nc1=O. The third-order valence-electron chi connectivity index (χ3n) is 6.34. The second-order valence-electron chi connectivity index (χ2n) is 9.56. The van der Waals surface area contributed by atoms with Gasteiger partial charge in [-0.05, 0) is 21.5 Å². The number of nitrogen functional groups attached to an aromatic ring is 1. The maximum atomic E-state index is 12.3. The van der Waals surface area contributed by atoms with Gasteiger partial charge in [-0.2, -0.15) is 4.98 Å². The molecule has 34 heavy (non-hydrogen) atoms. The molecule has 0 amide bonds. The Bertz CT molecular complexity index is 1170. The lowest BCUT2D eigenvalue weighted by molar-refractivity contribution is -0.0413. The summed E-state index contributed by atoms with van der Waals surface area (Å²) in [6.07, 6.45) is -1.03. The summed E-state index contributed by atoms with van der Waals surface area (Å²) < 4.78 is 14.3. The maximum Gasteiger partial charge on any atom is 0.351 e. The van der Waals surface area contributed by atoms with Crippen molar-refractivity contribution in [1.82, 2.24) is 9.55 Å². The van der Waals surface area contributed by atoms with Crippen molar-refractivity contribution in [1.29, 1.82) is 0 Å². The van der Waals surface area contributed by atoms with Crippen molar-refractivity contribution in [3.63, 3.8) is 0 Å². The Labute approximate surface area is 200 Å². The molecule has 1 aromatic heterocycles. The van der Waals surface area contributed by atoms with Crippen molar-refractivity contribution in [2.75, 3.05) is 12.3 Å². The monoisotopic (exact) mass is 477 g/mol. The lowest BCUT2D eigenvalue weighted by atomic mass is 10.1. The van der Waals surface area contributed by atoms with Crippen LogP contribution in [0.5, 0.6) is 0 Å². The van der Waals surface area contributed by atoms with Gasteiger partial charge in [0.05, 0.1) is 6.61 Å². The van der Waals surface area contributed by atoms with Gasteiger partial charge in [0.15, 0.2) is 6.23 Å². The first-order chi connectivity index (χ1) is 16.1. The molecule has 7 nitrogen and oxygen atoms in total. The molecule has 3 atom stereocenters. The number of aliphatic hydroxyl groups excluding tert-OH is 1. The van der Waals surface area contributed by atoms with Crippen LogP contribution in [0.25, 0.3) is 0 Å². The standard InChI is InChI=1S/C26H31N3O4Si/c1-18-23(30)21(33-24(18)29-16-15-22(27)28-25(29)31)17-32-34(26(2,3)4,19-11-7-5-8-12-19)20-13-9-6-10-14-20/h5-16,21,23-24,30H,1,17H2,2-4H3,(H2,27,28,31)/t21-,23?,24-/m1/s1. The first kappa shape index (κ1) is 24.1. The smallest absolute Gasteiger partial charge is 0.351 e. The summed E-state index contributed by atoms with van der Waals surface area (Å²) in [5.41, 5.74) is 5.43. The van der Waals surface area contributed by atoms with E-state index in [1.165, 1.54) is 16.8 Å². The van der Waals surface area contributed by atoms with E-state index in [4.69, 9.17) is 14.9 Å². The lowest BCUT2D eigenvalue weighted by Crippen LogP contribution is -2.67. The highest BCUT2D eigenvalue weighted by atomic mass is 28.4. The molecule has 0 saturated carbocycles. The van der Waals surface area contributed by atoms with Crippen LogP contribution in [0.4, 0.5) is 5.82 Å². The fourth-order valence-corrected chi connectivity index (χ4v) is 9.23. The molecule has 0 aliphatic carbocycles. The third kappa shape index (κ3) is 4.25. The van der Waals surface area contributed by atoms with Crippen LogP contribution in [-0.2, 0) is 9.16 Å². The van der Waals surface area contributed by atoms with Crippen LogP contribution in [0.1, 0.15) is 27.0 Å². The molecule has 1 unspecified atom stereocenters. The number of hydrogen-bond donors (Lipinski definition) is 2. The molecule has 1 aliphatic rings. The van der Waals surface area contributed by atoms with E-state index in [0.717, 1.165) is 10.4 Å². The first-order valence-corrected chi connectivity index (χ1v) is 13.2. The van der Waals surface area contributed by atoms with E-state index < -0.39 is 32.4 Å². The lowest BCUT2D eigenvalue weighted by Gasteiger charge is -2.43. The number of aromatic nitrogens is 2. The molecule has 8 heteroatoms. The summed E-state index contributed by atoms with van der Waals surface area (Å²) in [5.74, 6) is 0.122. The zero-order chi connectivity index (χ0) is 24.5. The van der Waals surface area contributed by atoms with Crippen LogP contribution >= 0.6 is 0 Å². The molecule has 1 aliphatic heterocycles. The van der Waals surface area contributed by atoms with Crippen molar-refractivity contribution < 1.29 is 14.3 Å². The zero-order valence-corrected chi connectivity index (χ0v) is 20.7. The number of ether oxygens (including phenoxy) is 1. The number of aliphatic hydroxyl groups is 1. The molecule has 4 rings (SSSR count). The van der Waals surface area contributed by atoms with E-state index in [1.807, 2.05) is 36.4 Å². The largest absolute Gasteiger partial charge is 0.405 e. The predicted octanol–water partition coefficient (Wildman–Crippen LogP) is 2.22. The molecule has 2 aromatic carbocycles.